The summed E-state index contributed by atoms with van der Waals surface area (Å²) in [4.78, 5) is 14.7. The van der Waals surface area contributed by atoms with Crippen LogP contribution in [0.5, 0.6) is 0 Å². The van der Waals surface area contributed by atoms with Crippen molar-refractivity contribution >= 4 is 17.5 Å². The highest BCUT2D eigenvalue weighted by Crippen LogP contribution is 2.47. The molecular weight excluding hydrogens is 310 g/mol. The fourth-order valence-electron chi connectivity index (χ4n) is 4.36. The van der Waals surface area contributed by atoms with E-state index in [0.717, 1.165) is 23.4 Å². The van der Waals surface area contributed by atoms with Gasteiger partial charge in [0.15, 0.2) is 0 Å². The molecule has 0 spiro atoms. The van der Waals surface area contributed by atoms with Crippen molar-refractivity contribution < 1.29 is 4.79 Å². The summed E-state index contributed by atoms with van der Waals surface area (Å²) in [6.45, 7) is 0.552. The molecule has 2 saturated carbocycles. The summed E-state index contributed by atoms with van der Waals surface area (Å²) in [5, 5.41) is 3.86. The number of carbonyl (C=O) groups is 1. The lowest BCUT2D eigenvalue weighted by Crippen LogP contribution is -2.47. The number of nitrogens with two attached hydrogens (primary N) is 1. The van der Waals surface area contributed by atoms with E-state index in [-0.39, 0.29) is 23.9 Å². The zero-order chi connectivity index (χ0) is 16.6. The number of likely N-dealkylation sites (N-methyl/N-ethyl adjacent to an activating group) is 1. The molecule has 1 aromatic carbocycles. The molecule has 2 aliphatic carbocycles. The predicted molar refractivity (Wildman–Crippen MR) is 93.2 cm³/mol. The zero-order valence-electron chi connectivity index (χ0n) is 13.8. The molecule has 3 N–H and O–H groups in total. The molecule has 5 atom stereocenters. The van der Waals surface area contributed by atoms with Crippen molar-refractivity contribution in [2.24, 2.45) is 23.5 Å². The van der Waals surface area contributed by atoms with E-state index in [2.05, 4.69) is 10.2 Å². The van der Waals surface area contributed by atoms with Gasteiger partial charge in [-0.3, -0.25) is 4.79 Å². The standard InChI is InChI=1S/C18H26ClN3O/c1-22(2)15(13-5-3-4-6-14(13)19)10-21-18(23)16-11-7-8-12(9-11)17(16)20/h3-6,11-12,15-17H,7-10,20H2,1-2H3,(H,21,23). The Morgan fingerprint density at radius 2 is 2.04 bits per heavy atom. The SMILES string of the molecule is CN(C)C(CNC(=O)C1C2CCC(C2)C1N)c1ccccc1Cl. The lowest BCUT2D eigenvalue weighted by atomic mass is 9.84. The second-order valence-electron chi connectivity index (χ2n) is 7.18. The topological polar surface area (TPSA) is 58.4 Å². The molecule has 126 valence electrons. The molecule has 5 heteroatoms. The molecule has 0 aliphatic heterocycles. The lowest BCUT2D eigenvalue weighted by Gasteiger charge is -2.30. The summed E-state index contributed by atoms with van der Waals surface area (Å²) in [6, 6.07) is 7.90. The van der Waals surface area contributed by atoms with Gasteiger partial charge in [-0.2, -0.15) is 0 Å². The number of fused-ring (bicyclic) bond motifs is 2. The first-order chi connectivity index (χ1) is 11.0. The van der Waals surface area contributed by atoms with E-state index in [1.54, 1.807) is 0 Å². The summed E-state index contributed by atoms with van der Waals surface area (Å²) in [5.41, 5.74) is 7.31. The number of amides is 1. The maximum atomic E-state index is 12.6. The Morgan fingerprint density at radius 3 is 2.65 bits per heavy atom. The van der Waals surface area contributed by atoms with Gasteiger partial charge in [-0.05, 0) is 56.8 Å². The van der Waals surface area contributed by atoms with E-state index in [4.69, 9.17) is 17.3 Å². The summed E-state index contributed by atoms with van der Waals surface area (Å²) in [7, 11) is 4.01. The van der Waals surface area contributed by atoms with E-state index in [0.29, 0.717) is 18.4 Å². The third kappa shape index (κ3) is 3.25. The Hall–Kier alpha value is -1.10. The Balaban J connectivity index is 1.66. The van der Waals surface area contributed by atoms with Crippen molar-refractivity contribution in [1.29, 1.82) is 0 Å². The van der Waals surface area contributed by atoms with Gasteiger partial charge >= 0.3 is 0 Å². The minimum Gasteiger partial charge on any atom is -0.354 e. The van der Waals surface area contributed by atoms with Crippen molar-refractivity contribution in [3.05, 3.63) is 34.9 Å². The summed E-state index contributed by atoms with van der Waals surface area (Å²) in [5.74, 6) is 1.13. The number of carbonyl (C=O) groups excluding carboxylic acids is 1. The highest BCUT2D eigenvalue weighted by Gasteiger charge is 2.49. The molecule has 1 aromatic rings. The minimum absolute atomic E-state index is 0.0113. The largest absolute Gasteiger partial charge is 0.354 e. The Labute approximate surface area is 143 Å². The zero-order valence-corrected chi connectivity index (χ0v) is 14.6. The highest BCUT2D eigenvalue weighted by molar-refractivity contribution is 6.31. The number of nitrogens with zero attached hydrogens (tertiary/aromatic N) is 1. The maximum absolute atomic E-state index is 12.6. The van der Waals surface area contributed by atoms with E-state index in [9.17, 15) is 4.79 Å². The van der Waals surface area contributed by atoms with E-state index < -0.39 is 0 Å². The molecule has 3 rings (SSSR count). The molecule has 23 heavy (non-hydrogen) atoms. The second kappa shape index (κ2) is 6.80. The third-order valence-corrected chi connectivity index (χ3v) is 5.98. The molecule has 0 radical (unpaired) electrons. The van der Waals surface area contributed by atoms with Crippen molar-refractivity contribution in [2.75, 3.05) is 20.6 Å². The molecule has 4 nitrogen and oxygen atoms in total. The fourth-order valence-corrected chi connectivity index (χ4v) is 4.62. The second-order valence-corrected chi connectivity index (χ2v) is 7.59. The van der Waals surface area contributed by atoms with Gasteiger partial charge in [-0.25, -0.2) is 0 Å². The third-order valence-electron chi connectivity index (χ3n) is 5.64. The van der Waals surface area contributed by atoms with Gasteiger partial charge in [0.05, 0.1) is 12.0 Å². The van der Waals surface area contributed by atoms with Crippen LogP contribution in [-0.2, 0) is 4.79 Å². The van der Waals surface area contributed by atoms with Crippen molar-refractivity contribution in [2.45, 2.75) is 31.3 Å². The highest BCUT2D eigenvalue weighted by atomic mass is 35.5. The van der Waals surface area contributed by atoms with Gasteiger partial charge in [0.2, 0.25) is 5.91 Å². The van der Waals surface area contributed by atoms with Crippen LogP contribution in [0.15, 0.2) is 24.3 Å². The molecule has 2 fully saturated rings. The molecule has 0 aromatic heterocycles. The van der Waals surface area contributed by atoms with Gasteiger partial charge in [0.1, 0.15) is 0 Å². The van der Waals surface area contributed by atoms with Gasteiger partial charge in [0.25, 0.3) is 0 Å². The van der Waals surface area contributed by atoms with Crippen LogP contribution in [0.25, 0.3) is 0 Å². The average Bonchev–Trinajstić information content (AvgIpc) is 3.09. The summed E-state index contributed by atoms with van der Waals surface area (Å²) in [6.07, 6.45) is 3.47. The Bertz CT molecular complexity index is 575. The number of hydrogen-bond acceptors (Lipinski definition) is 3. The monoisotopic (exact) mass is 335 g/mol. The molecule has 1 amide bonds. The average molecular weight is 336 g/mol. The van der Waals surface area contributed by atoms with E-state index in [1.165, 1.54) is 6.42 Å². The van der Waals surface area contributed by atoms with Crippen LogP contribution in [0, 0.1) is 17.8 Å². The van der Waals surface area contributed by atoms with Crippen LogP contribution in [0.1, 0.15) is 30.9 Å². The molecular formula is C18H26ClN3O. The van der Waals surface area contributed by atoms with Crippen LogP contribution >= 0.6 is 11.6 Å². The molecule has 2 bridgehead atoms. The summed E-state index contributed by atoms with van der Waals surface area (Å²) < 4.78 is 0. The first-order valence-corrected chi connectivity index (χ1v) is 8.81. The van der Waals surface area contributed by atoms with Gasteiger partial charge < -0.3 is 16.0 Å². The number of hydrogen-bond donors (Lipinski definition) is 2. The molecule has 0 heterocycles. The normalized spacial score (nSPS) is 30.7. The molecule has 0 saturated heterocycles. The fraction of sp³-hybridized carbons (Fsp3) is 0.611. The van der Waals surface area contributed by atoms with Crippen molar-refractivity contribution in [3.8, 4) is 0 Å². The van der Waals surface area contributed by atoms with E-state index in [1.807, 2.05) is 38.4 Å². The lowest BCUT2D eigenvalue weighted by molar-refractivity contribution is -0.127. The Kier molecular flexibility index (Phi) is 4.95. The first-order valence-electron chi connectivity index (χ1n) is 8.43. The number of rotatable bonds is 5. The van der Waals surface area contributed by atoms with Crippen molar-refractivity contribution in [3.63, 3.8) is 0 Å². The quantitative estimate of drug-likeness (QED) is 0.869. The van der Waals surface area contributed by atoms with Crippen LogP contribution in [-0.4, -0.2) is 37.5 Å². The number of benzene rings is 1. The first kappa shape index (κ1) is 16.7. The Morgan fingerprint density at radius 1 is 1.35 bits per heavy atom. The minimum atomic E-state index is -0.0113. The maximum Gasteiger partial charge on any atom is 0.225 e. The number of halogens is 1. The van der Waals surface area contributed by atoms with E-state index >= 15 is 0 Å². The molecule has 2 aliphatic rings. The number of nitrogens with one attached hydrogen (secondary N) is 1. The van der Waals surface area contributed by atoms with Crippen LogP contribution in [0.4, 0.5) is 0 Å². The summed E-state index contributed by atoms with van der Waals surface area (Å²) >= 11 is 6.32. The van der Waals surface area contributed by atoms with Gasteiger partial charge in [-0.15, -0.1) is 0 Å². The van der Waals surface area contributed by atoms with Crippen LogP contribution in [0.3, 0.4) is 0 Å². The predicted octanol–water partition coefficient (Wildman–Crippen LogP) is 2.43. The van der Waals surface area contributed by atoms with Crippen molar-refractivity contribution in [1.82, 2.24) is 10.2 Å². The molecule has 5 unspecified atom stereocenters. The van der Waals surface area contributed by atoms with Gasteiger partial charge in [-0.1, -0.05) is 29.8 Å². The smallest absolute Gasteiger partial charge is 0.225 e. The van der Waals surface area contributed by atoms with Crippen LogP contribution in [0.2, 0.25) is 5.02 Å². The van der Waals surface area contributed by atoms with Gasteiger partial charge in [0, 0.05) is 17.6 Å². The van der Waals surface area contributed by atoms with Crippen LogP contribution < -0.4 is 11.1 Å².